The van der Waals surface area contributed by atoms with Gasteiger partial charge in [0.2, 0.25) is 0 Å². The standard InChI is InChI=1S/C15H24N2O3/c1-4-17(12-5-7-16-8-6-12)10-13-9-14(11(2)20-13)15(18)19-3/h9,12,16H,4-8,10H2,1-3H3. The van der Waals surface area contributed by atoms with Crippen LogP contribution in [-0.2, 0) is 11.3 Å². The molecule has 112 valence electrons. The number of nitrogens with one attached hydrogen (secondary N) is 1. The molecule has 1 aliphatic heterocycles. The zero-order valence-electron chi connectivity index (χ0n) is 12.6. The van der Waals surface area contributed by atoms with Crippen LogP contribution in [0.1, 0.15) is 41.6 Å². The summed E-state index contributed by atoms with van der Waals surface area (Å²) < 4.78 is 10.5. The lowest BCUT2D eigenvalue weighted by molar-refractivity contribution is 0.0599. The van der Waals surface area contributed by atoms with Crippen molar-refractivity contribution in [3.8, 4) is 0 Å². The fourth-order valence-electron chi connectivity index (χ4n) is 2.81. The van der Waals surface area contributed by atoms with E-state index in [0.29, 0.717) is 17.4 Å². The Morgan fingerprint density at radius 2 is 2.20 bits per heavy atom. The number of hydrogen-bond donors (Lipinski definition) is 1. The van der Waals surface area contributed by atoms with Crippen LogP contribution in [0.3, 0.4) is 0 Å². The molecule has 0 spiro atoms. The van der Waals surface area contributed by atoms with E-state index in [1.54, 1.807) is 6.92 Å². The first kappa shape index (κ1) is 15.1. The van der Waals surface area contributed by atoms with Crippen molar-refractivity contribution >= 4 is 5.97 Å². The van der Waals surface area contributed by atoms with Crippen molar-refractivity contribution in [2.75, 3.05) is 26.7 Å². The molecular weight excluding hydrogens is 256 g/mol. The highest BCUT2D eigenvalue weighted by Gasteiger charge is 2.22. The van der Waals surface area contributed by atoms with Gasteiger partial charge < -0.3 is 14.5 Å². The fourth-order valence-corrected chi connectivity index (χ4v) is 2.81. The minimum atomic E-state index is -0.331. The van der Waals surface area contributed by atoms with Gasteiger partial charge in [0.15, 0.2) is 0 Å². The Hall–Kier alpha value is -1.33. The quantitative estimate of drug-likeness (QED) is 0.835. The lowest BCUT2D eigenvalue weighted by Crippen LogP contribution is -2.42. The molecule has 0 bridgehead atoms. The second kappa shape index (κ2) is 6.90. The fraction of sp³-hybridized carbons (Fsp3) is 0.667. The maximum absolute atomic E-state index is 11.6. The van der Waals surface area contributed by atoms with Gasteiger partial charge in [-0.25, -0.2) is 4.79 Å². The number of esters is 1. The molecule has 0 radical (unpaired) electrons. The van der Waals surface area contributed by atoms with E-state index < -0.39 is 0 Å². The number of methoxy groups -OCH3 is 1. The lowest BCUT2D eigenvalue weighted by Gasteiger charge is -2.33. The van der Waals surface area contributed by atoms with Crippen LogP contribution in [0.4, 0.5) is 0 Å². The van der Waals surface area contributed by atoms with Gasteiger partial charge in [-0.1, -0.05) is 6.92 Å². The number of nitrogens with zero attached hydrogens (tertiary/aromatic N) is 1. The summed E-state index contributed by atoms with van der Waals surface area (Å²) in [7, 11) is 1.39. The Morgan fingerprint density at radius 1 is 1.50 bits per heavy atom. The van der Waals surface area contributed by atoms with Crippen molar-refractivity contribution < 1.29 is 13.9 Å². The van der Waals surface area contributed by atoms with Gasteiger partial charge in [0, 0.05) is 6.04 Å². The molecule has 1 aliphatic rings. The van der Waals surface area contributed by atoms with Gasteiger partial charge in [-0.05, 0) is 45.5 Å². The number of piperidine rings is 1. The largest absolute Gasteiger partial charge is 0.465 e. The van der Waals surface area contributed by atoms with Crippen LogP contribution in [0.25, 0.3) is 0 Å². The summed E-state index contributed by atoms with van der Waals surface area (Å²) in [6, 6.07) is 2.40. The summed E-state index contributed by atoms with van der Waals surface area (Å²) in [5.41, 5.74) is 0.531. The van der Waals surface area contributed by atoms with Crippen molar-refractivity contribution in [2.45, 2.75) is 39.3 Å². The smallest absolute Gasteiger partial charge is 0.341 e. The average Bonchev–Trinajstić information content (AvgIpc) is 2.85. The third-order valence-corrected chi connectivity index (χ3v) is 3.96. The number of rotatable bonds is 5. The molecule has 0 amide bonds. The number of furan rings is 1. The summed E-state index contributed by atoms with van der Waals surface area (Å²) in [5.74, 6) is 1.14. The molecule has 20 heavy (non-hydrogen) atoms. The van der Waals surface area contributed by atoms with Crippen LogP contribution in [0.15, 0.2) is 10.5 Å². The topological polar surface area (TPSA) is 54.7 Å². The zero-order chi connectivity index (χ0) is 14.5. The monoisotopic (exact) mass is 280 g/mol. The van der Waals surface area contributed by atoms with Crippen molar-refractivity contribution in [2.24, 2.45) is 0 Å². The highest BCUT2D eigenvalue weighted by molar-refractivity contribution is 5.90. The van der Waals surface area contributed by atoms with E-state index in [0.717, 1.165) is 44.8 Å². The van der Waals surface area contributed by atoms with Crippen molar-refractivity contribution in [3.05, 3.63) is 23.2 Å². The molecule has 0 saturated carbocycles. The number of hydrogen-bond acceptors (Lipinski definition) is 5. The molecule has 5 nitrogen and oxygen atoms in total. The van der Waals surface area contributed by atoms with E-state index in [-0.39, 0.29) is 5.97 Å². The third-order valence-electron chi connectivity index (χ3n) is 3.96. The summed E-state index contributed by atoms with van der Waals surface area (Å²) in [5, 5.41) is 3.38. The molecule has 1 N–H and O–H groups in total. The molecule has 2 heterocycles. The Labute approximate surface area is 120 Å². The van der Waals surface area contributed by atoms with Crippen molar-refractivity contribution in [1.29, 1.82) is 0 Å². The maximum atomic E-state index is 11.6. The Balaban J connectivity index is 2.05. The Morgan fingerprint density at radius 3 is 2.80 bits per heavy atom. The SMILES string of the molecule is CCN(Cc1cc(C(=O)OC)c(C)o1)C1CCNCC1. The number of carbonyl (C=O) groups excluding carboxylic acids is 1. The van der Waals surface area contributed by atoms with Gasteiger partial charge in [-0.3, -0.25) is 4.90 Å². The van der Waals surface area contributed by atoms with Crippen molar-refractivity contribution in [3.63, 3.8) is 0 Å². The van der Waals surface area contributed by atoms with E-state index >= 15 is 0 Å². The highest BCUT2D eigenvalue weighted by Crippen LogP contribution is 2.20. The number of ether oxygens (including phenoxy) is 1. The van der Waals surface area contributed by atoms with Gasteiger partial charge in [-0.2, -0.15) is 0 Å². The summed E-state index contributed by atoms with van der Waals surface area (Å²) >= 11 is 0. The molecule has 1 saturated heterocycles. The summed E-state index contributed by atoms with van der Waals surface area (Å²) in [6.45, 7) is 7.85. The maximum Gasteiger partial charge on any atom is 0.341 e. The second-order valence-corrected chi connectivity index (χ2v) is 5.22. The predicted octanol–water partition coefficient (Wildman–Crippen LogP) is 1.95. The summed E-state index contributed by atoms with van der Waals surface area (Å²) in [4.78, 5) is 14.0. The van der Waals surface area contributed by atoms with Gasteiger partial charge >= 0.3 is 5.97 Å². The molecule has 1 fully saturated rings. The van der Waals surface area contributed by atoms with E-state index in [1.165, 1.54) is 7.11 Å². The van der Waals surface area contributed by atoms with E-state index in [4.69, 9.17) is 9.15 Å². The second-order valence-electron chi connectivity index (χ2n) is 5.22. The molecule has 2 rings (SSSR count). The zero-order valence-corrected chi connectivity index (χ0v) is 12.6. The molecule has 0 atom stereocenters. The van der Waals surface area contributed by atoms with E-state index in [1.807, 2.05) is 6.07 Å². The molecule has 0 aromatic carbocycles. The molecular formula is C15H24N2O3. The average molecular weight is 280 g/mol. The van der Waals surface area contributed by atoms with Gasteiger partial charge in [-0.15, -0.1) is 0 Å². The molecule has 0 unspecified atom stereocenters. The minimum absolute atomic E-state index is 0.331. The first-order chi connectivity index (χ1) is 9.65. The first-order valence-electron chi connectivity index (χ1n) is 7.28. The lowest BCUT2D eigenvalue weighted by atomic mass is 10.0. The van der Waals surface area contributed by atoms with E-state index in [9.17, 15) is 4.79 Å². The molecule has 5 heteroatoms. The number of carbonyl (C=O) groups is 1. The van der Waals surface area contributed by atoms with Crippen LogP contribution in [0.2, 0.25) is 0 Å². The van der Waals surface area contributed by atoms with Crippen LogP contribution < -0.4 is 5.32 Å². The summed E-state index contributed by atoms with van der Waals surface area (Å²) in [6.07, 6.45) is 2.33. The highest BCUT2D eigenvalue weighted by atomic mass is 16.5. The molecule has 1 aromatic rings. The predicted molar refractivity (Wildman–Crippen MR) is 76.8 cm³/mol. The minimum Gasteiger partial charge on any atom is -0.465 e. The van der Waals surface area contributed by atoms with Crippen LogP contribution >= 0.6 is 0 Å². The third kappa shape index (κ3) is 3.41. The van der Waals surface area contributed by atoms with Crippen LogP contribution in [0, 0.1) is 6.92 Å². The molecule has 1 aromatic heterocycles. The Kier molecular flexibility index (Phi) is 5.20. The van der Waals surface area contributed by atoms with Gasteiger partial charge in [0.25, 0.3) is 0 Å². The normalized spacial score (nSPS) is 16.6. The van der Waals surface area contributed by atoms with E-state index in [2.05, 4.69) is 17.1 Å². The molecule has 0 aliphatic carbocycles. The van der Waals surface area contributed by atoms with Crippen LogP contribution in [0.5, 0.6) is 0 Å². The number of aryl methyl sites for hydroxylation is 1. The van der Waals surface area contributed by atoms with Crippen LogP contribution in [-0.4, -0.2) is 43.7 Å². The van der Waals surface area contributed by atoms with Crippen molar-refractivity contribution in [1.82, 2.24) is 10.2 Å². The Bertz CT molecular complexity index is 450. The first-order valence-corrected chi connectivity index (χ1v) is 7.28. The van der Waals surface area contributed by atoms with Gasteiger partial charge in [0.1, 0.15) is 17.1 Å². The van der Waals surface area contributed by atoms with Gasteiger partial charge in [0.05, 0.1) is 13.7 Å².